The first-order valence-corrected chi connectivity index (χ1v) is 8.25. The van der Waals surface area contributed by atoms with Gasteiger partial charge in [-0.05, 0) is 25.1 Å². The highest BCUT2D eigenvalue weighted by Gasteiger charge is 2.34. The van der Waals surface area contributed by atoms with Gasteiger partial charge in [0, 0.05) is 24.3 Å². The van der Waals surface area contributed by atoms with Gasteiger partial charge in [0.25, 0.3) is 5.69 Å². The van der Waals surface area contributed by atoms with E-state index in [0.29, 0.717) is 0 Å². The first-order valence-electron chi connectivity index (χ1n) is 8.25. The zero-order chi connectivity index (χ0) is 20.3. The number of ether oxygens (including phenoxy) is 2. The van der Waals surface area contributed by atoms with Crippen LogP contribution in [-0.4, -0.2) is 39.0 Å². The summed E-state index contributed by atoms with van der Waals surface area (Å²) in [6.45, 7) is 1.81. The Bertz CT molecular complexity index is 945. The predicted octanol–water partition coefficient (Wildman–Crippen LogP) is 2.62. The van der Waals surface area contributed by atoms with Crippen LogP contribution in [0.5, 0.6) is 5.75 Å². The lowest BCUT2D eigenvalue weighted by Crippen LogP contribution is -2.24. The molecule has 0 amide bonds. The van der Waals surface area contributed by atoms with Crippen LogP contribution in [0.2, 0.25) is 0 Å². The number of esters is 1. The summed E-state index contributed by atoms with van der Waals surface area (Å²) in [5.74, 6) is -1.34. The van der Waals surface area contributed by atoms with Crippen molar-refractivity contribution in [1.82, 2.24) is 5.16 Å². The van der Waals surface area contributed by atoms with Gasteiger partial charge in [-0.3, -0.25) is 10.1 Å². The molecule has 0 saturated heterocycles. The van der Waals surface area contributed by atoms with Gasteiger partial charge in [0.1, 0.15) is 23.2 Å². The standard InChI is InChI=1S/C18H16N2O8/c1-2-26-18(23)13-9-16(28-19-13)17-14(22)7-11(21)8-15(17)27-12-5-3-10(4-6-12)20(24)25/h3-9,14,17,21-22H,2H2,1H3. The van der Waals surface area contributed by atoms with Crippen LogP contribution < -0.4 is 4.74 Å². The molecule has 3 rings (SSSR count). The Morgan fingerprint density at radius 1 is 1.36 bits per heavy atom. The van der Waals surface area contributed by atoms with Crippen LogP contribution in [-0.2, 0) is 4.74 Å². The normalized spacial score (nSPS) is 18.8. The van der Waals surface area contributed by atoms with Gasteiger partial charge < -0.3 is 24.2 Å². The first kappa shape index (κ1) is 19.1. The second-order valence-corrected chi connectivity index (χ2v) is 5.79. The number of nitro groups is 1. The summed E-state index contributed by atoms with van der Waals surface area (Å²) in [6, 6.07) is 6.58. The summed E-state index contributed by atoms with van der Waals surface area (Å²) in [6.07, 6.45) is 1.23. The van der Waals surface area contributed by atoms with Crippen LogP contribution in [0, 0.1) is 10.1 Å². The average Bonchev–Trinajstić information content (AvgIpc) is 3.11. The molecular formula is C18H16N2O8. The topological polar surface area (TPSA) is 145 Å². The lowest BCUT2D eigenvalue weighted by atomic mass is 9.92. The number of carbonyl (C=O) groups excluding carboxylic acids is 1. The molecule has 2 aromatic rings. The summed E-state index contributed by atoms with van der Waals surface area (Å²) in [7, 11) is 0. The third-order valence-corrected chi connectivity index (χ3v) is 3.88. The van der Waals surface area contributed by atoms with E-state index in [2.05, 4.69) is 5.16 Å². The summed E-state index contributed by atoms with van der Waals surface area (Å²) in [5, 5.41) is 34.6. The number of allylic oxidation sites excluding steroid dienone is 1. The number of nitro benzene ring substituents is 1. The number of nitrogens with zero attached hydrogens (tertiary/aromatic N) is 2. The molecule has 0 fully saturated rings. The number of non-ortho nitro benzene ring substituents is 1. The van der Waals surface area contributed by atoms with E-state index in [-0.39, 0.29) is 41.0 Å². The Balaban J connectivity index is 1.88. The molecule has 2 N–H and O–H groups in total. The molecule has 10 heteroatoms. The summed E-state index contributed by atoms with van der Waals surface area (Å²) in [4.78, 5) is 22.0. The minimum Gasteiger partial charge on any atom is -0.508 e. The van der Waals surface area contributed by atoms with Gasteiger partial charge in [-0.25, -0.2) is 4.79 Å². The van der Waals surface area contributed by atoms with E-state index in [4.69, 9.17) is 14.0 Å². The van der Waals surface area contributed by atoms with Crippen LogP contribution in [0.15, 0.2) is 58.5 Å². The summed E-state index contributed by atoms with van der Waals surface area (Å²) >= 11 is 0. The zero-order valence-corrected chi connectivity index (χ0v) is 14.6. The van der Waals surface area contributed by atoms with Crippen molar-refractivity contribution < 1.29 is 33.9 Å². The van der Waals surface area contributed by atoms with Crippen molar-refractivity contribution in [3.8, 4) is 5.75 Å². The fourth-order valence-electron chi connectivity index (χ4n) is 2.63. The fraction of sp³-hybridized carbons (Fsp3) is 0.222. The zero-order valence-electron chi connectivity index (χ0n) is 14.6. The van der Waals surface area contributed by atoms with Crippen LogP contribution in [0.1, 0.15) is 29.1 Å². The predicted molar refractivity (Wildman–Crippen MR) is 93.7 cm³/mol. The largest absolute Gasteiger partial charge is 0.508 e. The highest BCUT2D eigenvalue weighted by atomic mass is 16.6. The maximum absolute atomic E-state index is 11.8. The third kappa shape index (κ3) is 4.01. The quantitative estimate of drug-likeness (QED) is 0.433. The van der Waals surface area contributed by atoms with Gasteiger partial charge in [-0.15, -0.1) is 0 Å². The molecule has 0 saturated carbocycles. The number of carbonyl (C=O) groups is 1. The van der Waals surface area contributed by atoms with Crippen molar-refractivity contribution in [2.24, 2.45) is 0 Å². The highest BCUT2D eigenvalue weighted by molar-refractivity contribution is 5.87. The van der Waals surface area contributed by atoms with E-state index in [9.17, 15) is 25.1 Å². The van der Waals surface area contributed by atoms with E-state index in [1.54, 1.807) is 6.92 Å². The molecular weight excluding hydrogens is 372 g/mol. The van der Waals surface area contributed by atoms with Gasteiger partial charge >= 0.3 is 5.97 Å². The van der Waals surface area contributed by atoms with Gasteiger partial charge in [0.2, 0.25) is 0 Å². The molecule has 10 nitrogen and oxygen atoms in total. The lowest BCUT2D eigenvalue weighted by molar-refractivity contribution is -0.384. The maximum Gasteiger partial charge on any atom is 0.360 e. The molecule has 28 heavy (non-hydrogen) atoms. The Morgan fingerprint density at radius 2 is 2.07 bits per heavy atom. The number of aromatic nitrogens is 1. The molecule has 146 valence electrons. The molecule has 2 unspecified atom stereocenters. The summed E-state index contributed by atoms with van der Waals surface area (Å²) < 4.78 is 15.7. The number of hydrogen-bond acceptors (Lipinski definition) is 9. The fourth-order valence-corrected chi connectivity index (χ4v) is 2.63. The number of hydrogen-bond donors (Lipinski definition) is 2. The van der Waals surface area contributed by atoms with Crippen molar-refractivity contribution >= 4 is 11.7 Å². The molecule has 1 aromatic carbocycles. The van der Waals surface area contributed by atoms with E-state index in [1.807, 2.05) is 0 Å². The van der Waals surface area contributed by atoms with Crippen molar-refractivity contribution in [3.05, 3.63) is 75.6 Å². The molecule has 0 bridgehead atoms. The SMILES string of the molecule is CCOC(=O)c1cc(C2C(Oc3ccc([N+](=O)[O-])cc3)=CC(O)=CC2O)on1. The van der Waals surface area contributed by atoms with E-state index in [0.717, 1.165) is 0 Å². The Morgan fingerprint density at radius 3 is 2.71 bits per heavy atom. The van der Waals surface area contributed by atoms with E-state index >= 15 is 0 Å². The third-order valence-electron chi connectivity index (χ3n) is 3.88. The first-order chi connectivity index (χ1) is 13.4. The molecule has 1 heterocycles. The molecule has 1 aliphatic rings. The maximum atomic E-state index is 11.8. The molecule has 2 atom stereocenters. The van der Waals surface area contributed by atoms with Crippen molar-refractivity contribution in [2.45, 2.75) is 18.9 Å². The van der Waals surface area contributed by atoms with Gasteiger partial charge in [0.05, 0.1) is 17.6 Å². The second kappa shape index (κ2) is 7.92. The van der Waals surface area contributed by atoms with Gasteiger partial charge in [-0.1, -0.05) is 5.16 Å². The monoisotopic (exact) mass is 388 g/mol. The lowest BCUT2D eigenvalue weighted by Gasteiger charge is -2.24. The van der Waals surface area contributed by atoms with E-state index < -0.39 is 22.9 Å². The van der Waals surface area contributed by atoms with Crippen molar-refractivity contribution in [1.29, 1.82) is 0 Å². The highest BCUT2D eigenvalue weighted by Crippen LogP contribution is 2.35. The van der Waals surface area contributed by atoms with Crippen LogP contribution in [0.25, 0.3) is 0 Å². The Hall–Kier alpha value is -3.66. The average molecular weight is 388 g/mol. The molecule has 0 aliphatic heterocycles. The number of rotatable bonds is 6. The minimum atomic E-state index is -1.22. The molecule has 1 aliphatic carbocycles. The van der Waals surface area contributed by atoms with Crippen LogP contribution >= 0.6 is 0 Å². The second-order valence-electron chi connectivity index (χ2n) is 5.79. The van der Waals surface area contributed by atoms with Gasteiger partial charge in [-0.2, -0.15) is 0 Å². The number of aliphatic hydroxyl groups excluding tert-OH is 2. The van der Waals surface area contributed by atoms with Crippen LogP contribution in [0.3, 0.4) is 0 Å². The van der Waals surface area contributed by atoms with E-state index in [1.165, 1.54) is 42.5 Å². The smallest absolute Gasteiger partial charge is 0.360 e. The summed E-state index contributed by atoms with van der Waals surface area (Å²) in [5.41, 5.74) is -0.184. The Labute approximate surface area is 158 Å². The van der Waals surface area contributed by atoms with Crippen molar-refractivity contribution in [2.75, 3.05) is 6.61 Å². The number of aliphatic hydroxyl groups is 2. The molecule has 1 aromatic heterocycles. The molecule has 0 spiro atoms. The minimum absolute atomic E-state index is 0.0717. The van der Waals surface area contributed by atoms with Gasteiger partial charge in [0.15, 0.2) is 11.5 Å². The Kier molecular flexibility index (Phi) is 5.41. The number of benzene rings is 1. The molecule has 0 radical (unpaired) electrons. The van der Waals surface area contributed by atoms with Crippen molar-refractivity contribution in [3.63, 3.8) is 0 Å². The van der Waals surface area contributed by atoms with Crippen LogP contribution in [0.4, 0.5) is 5.69 Å².